The third kappa shape index (κ3) is 3.23. The smallest absolute Gasteiger partial charge is 0.398 e. The second-order valence-electron chi connectivity index (χ2n) is 4.80. The van der Waals surface area contributed by atoms with Crippen molar-refractivity contribution >= 4 is 17.1 Å². The number of alkyl halides is 3. The molecule has 0 fully saturated rings. The van der Waals surface area contributed by atoms with Crippen LogP contribution in [-0.4, -0.2) is 0 Å². The van der Waals surface area contributed by atoms with Gasteiger partial charge in [0.05, 0.1) is 5.56 Å². The highest BCUT2D eigenvalue weighted by molar-refractivity contribution is 5.65. The molecular weight excluding hydrogens is 265 g/mol. The summed E-state index contributed by atoms with van der Waals surface area (Å²) >= 11 is 0. The Balaban J connectivity index is 2.35. The van der Waals surface area contributed by atoms with Gasteiger partial charge in [-0.2, -0.15) is 13.2 Å². The molecule has 0 atom stereocenters. The first-order valence-corrected chi connectivity index (χ1v) is 6.08. The zero-order valence-corrected chi connectivity index (χ0v) is 11.2. The number of aryl methyl sites for hydroxylation is 2. The predicted octanol–water partition coefficient (Wildman–Crippen LogP) is 4.65. The van der Waals surface area contributed by atoms with E-state index in [2.05, 4.69) is 5.32 Å². The Morgan fingerprint density at radius 1 is 0.900 bits per heavy atom. The molecule has 0 radical (unpaired) electrons. The van der Waals surface area contributed by atoms with E-state index in [0.717, 1.165) is 22.9 Å². The van der Waals surface area contributed by atoms with Gasteiger partial charge in [0.1, 0.15) is 0 Å². The summed E-state index contributed by atoms with van der Waals surface area (Å²) in [6.45, 7) is 3.87. The molecule has 0 aromatic heterocycles. The molecule has 0 saturated carbocycles. The van der Waals surface area contributed by atoms with Crippen LogP contribution >= 0.6 is 0 Å². The number of nitrogens with two attached hydrogens (primary N) is 1. The summed E-state index contributed by atoms with van der Waals surface area (Å²) in [5.74, 6) is 0. The minimum Gasteiger partial charge on any atom is -0.398 e. The summed E-state index contributed by atoms with van der Waals surface area (Å²) in [6.07, 6.45) is -4.45. The van der Waals surface area contributed by atoms with Gasteiger partial charge in [0, 0.05) is 17.1 Å². The lowest BCUT2D eigenvalue weighted by atomic mass is 10.1. The lowest BCUT2D eigenvalue weighted by Crippen LogP contribution is -2.09. The van der Waals surface area contributed by atoms with E-state index in [9.17, 15) is 13.2 Å². The predicted molar refractivity (Wildman–Crippen MR) is 75.1 cm³/mol. The van der Waals surface area contributed by atoms with Crippen molar-refractivity contribution in [2.75, 3.05) is 11.1 Å². The number of nitrogen functional groups attached to an aromatic ring is 1. The number of hydrogen-bond acceptors (Lipinski definition) is 2. The van der Waals surface area contributed by atoms with Crippen molar-refractivity contribution in [1.29, 1.82) is 0 Å². The van der Waals surface area contributed by atoms with E-state index in [1.807, 2.05) is 32.0 Å². The number of nitrogens with one attached hydrogen (secondary N) is 1. The van der Waals surface area contributed by atoms with Gasteiger partial charge in [-0.1, -0.05) is 6.07 Å². The van der Waals surface area contributed by atoms with Gasteiger partial charge in [-0.25, -0.2) is 0 Å². The SMILES string of the molecule is Cc1cc(C)cc(Nc2ccc(N)c(C(F)(F)F)c2)c1. The fourth-order valence-corrected chi connectivity index (χ4v) is 2.09. The van der Waals surface area contributed by atoms with Crippen molar-refractivity contribution in [3.63, 3.8) is 0 Å². The highest BCUT2D eigenvalue weighted by Gasteiger charge is 2.33. The van der Waals surface area contributed by atoms with Crippen LogP contribution in [-0.2, 0) is 6.18 Å². The highest BCUT2D eigenvalue weighted by Crippen LogP contribution is 2.35. The molecule has 5 heteroatoms. The van der Waals surface area contributed by atoms with Crippen molar-refractivity contribution in [2.24, 2.45) is 0 Å². The third-order valence-corrected chi connectivity index (χ3v) is 2.87. The quantitative estimate of drug-likeness (QED) is 0.786. The Morgan fingerprint density at radius 3 is 2.05 bits per heavy atom. The topological polar surface area (TPSA) is 38.0 Å². The van der Waals surface area contributed by atoms with Gasteiger partial charge in [-0.05, 0) is 55.3 Å². The minimum absolute atomic E-state index is 0.275. The largest absolute Gasteiger partial charge is 0.418 e. The number of halogens is 3. The Morgan fingerprint density at radius 2 is 1.50 bits per heavy atom. The van der Waals surface area contributed by atoms with Crippen LogP contribution in [0.5, 0.6) is 0 Å². The second-order valence-corrected chi connectivity index (χ2v) is 4.80. The van der Waals surface area contributed by atoms with Crippen molar-refractivity contribution in [3.8, 4) is 0 Å². The molecule has 0 aliphatic heterocycles. The lowest BCUT2D eigenvalue weighted by Gasteiger charge is -2.13. The first-order chi connectivity index (χ1) is 9.25. The summed E-state index contributed by atoms with van der Waals surface area (Å²) in [5, 5.41) is 2.97. The monoisotopic (exact) mass is 280 g/mol. The maximum atomic E-state index is 12.8. The maximum Gasteiger partial charge on any atom is 0.418 e. The molecule has 2 aromatic carbocycles. The van der Waals surface area contributed by atoms with Crippen LogP contribution in [0.4, 0.5) is 30.2 Å². The fourth-order valence-electron chi connectivity index (χ4n) is 2.09. The van der Waals surface area contributed by atoms with E-state index < -0.39 is 11.7 Å². The molecular formula is C15H15F3N2. The van der Waals surface area contributed by atoms with Gasteiger partial charge in [0.2, 0.25) is 0 Å². The van der Waals surface area contributed by atoms with Crippen LogP contribution in [0, 0.1) is 13.8 Å². The van der Waals surface area contributed by atoms with E-state index in [0.29, 0.717) is 5.69 Å². The van der Waals surface area contributed by atoms with E-state index in [4.69, 9.17) is 5.73 Å². The first-order valence-electron chi connectivity index (χ1n) is 6.08. The summed E-state index contributed by atoms with van der Waals surface area (Å²) in [5.41, 5.74) is 7.46. The van der Waals surface area contributed by atoms with Crippen molar-refractivity contribution in [2.45, 2.75) is 20.0 Å². The zero-order chi connectivity index (χ0) is 14.9. The molecule has 2 rings (SSSR count). The molecule has 0 heterocycles. The third-order valence-electron chi connectivity index (χ3n) is 2.87. The molecule has 0 bridgehead atoms. The van der Waals surface area contributed by atoms with Gasteiger partial charge >= 0.3 is 6.18 Å². The summed E-state index contributed by atoms with van der Waals surface area (Å²) in [4.78, 5) is 0. The van der Waals surface area contributed by atoms with Crippen LogP contribution in [0.25, 0.3) is 0 Å². The maximum absolute atomic E-state index is 12.8. The number of rotatable bonds is 2. The fraction of sp³-hybridized carbons (Fsp3) is 0.200. The standard InChI is InChI=1S/C15H15F3N2/c1-9-5-10(2)7-12(6-9)20-11-3-4-14(19)13(8-11)15(16,17)18/h3-8,20H,19H2,1-2H3. The number of benzene rings is 2. The van der Waals surface area contributed by atoms with Crippen molar-refractivity contribution < 1.29 is 13.2 Å². The number of anilines is 3. The first kappa shape index (κ1) is 14.2. The molecule has 0 amide bonds. The summed E-state index contributed by atoms with van der Waals surface area (Å²) in [6, 6.07) is 9.55. The van der Waals surface area contributed by atoms with Crippen LogP contribution in [0.1, 0.15) is 16.7 Å². The van der Waals surface area contributed by atoms with Crippen LogP contribution in [0.15, 0.2) is 36.4 Å². The molecule has 0 spiro atoms. The van der Waals surface area contributed by atoms with E-state index in [1.54, 1.807) is 0 Å². The molecule has 20 heavy (non-hydrogen) atoms. The average Bonchev–Trinajstić information content (AvgIpc) is 2.29. The van der Waals surface area contributed by atoms with Crippen LogP contribution < -0.4 is 11.1 Å². The van der Waals surface area contributed by atoms with Crippen molar-refractivity contribution in [3.05, 3.63) is 53.1 Å². The van der Waals surface area contributed by atoms with E-state index in [-0.39, 0.29) is 5.69 Å². The molecule has 0 saturated heterocycles. The Kier molecular flexibility index (Phi) is 3.61. The highest BCUT2D eigenvalue weighted by atomic mass is 19.4. The summed E-state index contributed by atoms with van der Waals surface area (Å²) < 4.78 is 38.4. The second kappa shape index (κ2) is 5.07. The van der Waals surface area contributed by atoms with Gasteiger partial charge in [0.15, 0.2) is 0 Å². The van der Waals surface area contributed by atoms with Crippen LogP contribution in [0.2, 0.25) is 0 Å². The number of hydrogen-bond donors (Lipinski definition) is 2. The van der Waals surface area contributed by atoms with Gasteiger partial charge in [-0.3, -0.25) is 0 Å². The minimum atomic E-state index is -4.45. The molecule has 3 N–H and O–H groups in total. The Bertz CT molecular complexity index is 613. The normalized spacial score (nSPS) is 11.4. The van der Waals surface area contributed by atoms with Gasteiger partial charge in [-0.15, -0.1) is 0 Å². The Hall–Kier alpha value is -2.17. The average molecular weight is 280 g/mol. The van der Waals surface area contributed by atoms with E-state index >= 15 is 0 Å². The Labute approximate surface area is 115 Å². The summed E-state index contributed by atoms with van der Waals surface area (Å²) in [7, 11) is 0. The zero-order valence-electron chi connectivity index (χ0n) is 11.2. The molecule has 2 nitrogen and oxygen atoms in total. The lowest BCUT2D eigenvalue weighted by molar-refractivity contribution is -0.136. The van der Waals surface area contributed by atoms with Gasteiger partial charge in [0.25, 0.3) is 0 Å². The van der Waals surface area contributed by atoms with Crippen molar-refractivity contribution in [1.82, 2.24) is 0 Å². The van der Waals surface area contributed by atoms with Gasteiger partial charge < -0.3 is 11.1 Å². The molecule has 2 aromatic rings. The van der Waals surface area contributed by atoms with Crippen LogP contribution in [0.3, 0.4) is 0 Å². The van der Waals surface area contributed by atoms with E-state index in [1.165, 1.54) is 12.1 Å². The molecule has 0 aliphatic carbocycles. The molecule has 106 valence electrons. The molecule has 0 unspecified atom stereocenters. The molecule has 0 aliphatic rings.